The third-order valence-corrected chi connectivity index (χ3v) is 8.97. The molecule has 0 N–H and O–H groups in total. The molecule has 2 saturated heterocycles. The van der Waals surface area contributed by atoms with Crippen LogP contribution in [0.5, 0.6) is 0 Å². The van der Waals surface area contributed by atoms with Crippen LogP contribution in [0.1, 0.15) is 63.5 Å². The van der Waals surface area contributed by atoms with E-state index in [2.05, 4.69) is 52.3 Å². The van der Waals surface area contributed by atoms with Crippen molar-refractivity contribution in [1.82, 2.24) is 34.0 Å². The van der Waals surface area contributed by atoms with Gasteiger partial charge in [-0.25, -0.2) is 9.38 Å². The first-order valence-electron chi connectivity index (χ1n) is 14.5. The lowest BCUT2D eigenvalue weighted by atomic mass is 9.90. The maximum Gasteiger partial charge on any atom is 0.417 e. The van der Waals surface area contributed by atoms with Gasteiger partial charge >= 0.3 is 6.18 Å². The second-order valence-electron chi connectivity index (χ2n) is 12.0. The fourth-order valence-corrected chi connectivity index (χ4v) is 7.00. The Hall–Kier alpha value is -2.96. The van der Waals surface area contributed by atoms with Gasteiger partial charge in [-0.3, -0.25) is 4.90 Å². The Balaban J connectivity index is 1.34. The third kappa shape index (κ3) is 5.11. The average Bonchev–Trinajstić information content (AvgIpc) is 3.66. The lowest BCUT2D eigenvalue weighted by Gasteiger charge is -2.49. The second kappa shape index (κ2) is 10.9. The quantitative estimate of drug-likeness (QED) is 0.270. The van der Waals surface area contributed by atoms with Gasteiger partial charge in [0, 0.05) is 37.8 Å². The number of fused-ring (bicyclic) bond motifs is 3. The van der Waals surface area contributed by atoms with Gasteiger partial charge < -0.3 is 14.2 Å². The number of aryl methyl sites for hydroxylation is 1. The molecule has 0 amide bonds. The Kier molecular flexibility index (Phi) is 7.59. The lowest BCUT2D eigenvalue weighted by molar-refractivity contribution is -0.137. The number of alkyl halides is 3. The molecule has 6 rings (SSSR count). The molecule has 0 bridgehead atoms. The van der Waals surface area contributed by atoms with Crippen LogP contribution in [0.4, 0.5) is 19.0 Å². The molecule has 3 aromatic heterocycles. The zero-order valence-corrected chi connectivity index (χ0v) is 25.2. The first kappa shape index (κ1) is 29.1. The molecule has 2 unspecified atom stereocenters. The summed E-state index contributed by atoms with van der Waals surface area (Å²) in [6, 6.07) is 4.14. The first-order valence-corrected chi connectivity index (χ1v) is 14.9. The number of ether oxygens (including phenoxy) is 1. The molecule has 9 nitrogen and oxygen atoms in total. The molecule has 4 atom stereocenters. The summed E-state index contributed by atoms with van der Waals surface area (Å²) in [5, 5.41) is 8.16. The Morgan fingerprint density at radius 1 is 1.12 bits per heavy atom. The van der Waals surface area contributed by atoms with Gasteiger partial charge in [0.1, 0.15) is 17.7 Å². The predicted octanol–water partition coefficient (Wildman–Crippen LogP) is 5.93. The van der Waals surface area contributed by atoms with Gasteiger partial charge in [-0.2, -0.15) is 18.2 Å². The number of nitrogens with zero attached hydrogens (tertiary/aromatic N) is 8. The smallest absolute Gasteiger partial charge is 0.376 e. The van der Waals surface area contributed by atoms with Crippen molar-refractivity contribution in [3.05, 3.63) is 46.5 Å². The van der Waals surface area contributed by atoms with E-state index in [0.717, 1.165) is 53.9 Å². The minimum Gasteiger partial charge on any atom is -0.376 e. The van der Waals surface area contributed by atoms with Crippen LogP contribution in [0.25, 0.3) is 16.9 Å². The number of aromatic nitrogens is 6. The molecule has 4 aromatic rings. The molecule has 13 heteroatoms. The third-order valence-electron chi connectivity index (χ3n) is 8.65. The molecule has 0 spiro atoms. The molecule has 0 radical (unpaired) electrons. The van der Waals surface area contributed by atoms with Crippen LogP contribution in [0.3, 0.4) is 0 Å². The number of benzene rings is 1. The van der Waals surface area contributed by atoms with Crippen LogP contribution in [0, 0.1) is 12.8 Å². The normalized spacial score (nSPS) is 23.1. The van der Waals surface area contributed by atoms with Crippen molar-refractivity contribution in [1.29, 1.82) is 0 Å². The predicted molar refractivity (Wildman–Crippen MR) is 155 cm³/mol. The molecule has 2 aliphatic rings. The van der Waals surface area contributed by atoms with Crippen molar-refractivity contribution in [3.63, 3.8) is 0 Å². The minimum atomic E-state index is -4.49. The number of piperazine rings is 1. The summed E-state index contributed by atoms with van der Waals surface area (Å²) in [5.74, 6) is 2.29. The van der Waals surface area contributed by atoms with Crippen LogP contribution < -0.4 is 4.90 Å². The van der Waals surface area contributed by atoms with Gasteiger partial charge in [-0.1, -0.05) is 31.5 Å². The van der Waals surface area contributed by atoms with Crippen LogP contribution in [-0.4, -0.2) is 71.9 Å². The summed E-state index contributed by atoms with van der Waals surface area (Å²) in [6.45, 7) is 13.3. The van der Waals surface area contributed by atoms with E-state index in [-0.39, 0.29) is 35.2 Å². The number of halogens is 4. The Morgan fingerprint density at radius 2 is 1.90 bits per heavy atom. The molecule has 0 saturated carbocycles. The lowest BCUT2D eigenvalue weighted by Crippen LogP contribution is -2.58. The van der Waals surface area contributed by atoms with Crippen molar-refractivity contribution >= 4 is 34.4 Å². The fraction of sp³-hybridized carbons (Fsp3) is 0.586. The second-order valence-corrected chi connectivity index (χ2v) is 12.4. The molecule has 2 aliphatic heterocycles. The van der Waals surface area contributed by atoms with E-state index in [4.69, 9.17) is 26.3 Å². The van der Waals surface area contributed by atoms with Crippen molar-refractivity contribution < 1.29 is 17.9 Å². The molecule has 1 aromatic carbocycles. The van der Waals surface area contributed by atoms with Gasteiger partial charge in [0.2, 0.25) is 0 Å². The van der Waals surface area contributed by atoms with Crippen LogP contribution >= 0.6 is 11.6 Å². The number of hydrogen-bond acceptors (Lipinski definition) is 7. The zero-order chi connectivity index (χ0) is 29.9. The summed E-state index contributed by atoms with van der Waals surface area (Å²) in [4.78, 5) is 14.6. The number of anilines is 1. The van der Waals surface area contributed by atoms with Crippen molar-refractivity contribution in [2.24, 2.45) is 5.92 Å². The van der Waals surface area contributed by atoms with Crippen molar-refractivity contribution in [2.75, 3.05) is 24.6 Å². The van der Waals surface area contributed by atoms with E-state index in [1.807, 2.05) is 11.3 Å². The highest BCUT2D eigenvalue weighted by Gasteiger charge is 2.39. The Labute approximate surface area is 247 Å². The summed E-state index contributed by atoms with van der Waals surface area (Å²) in [5.41, 5.74) is 1.66. The van der Waals surface area contributed by atoms with Gasteiger partial charge in [0.15, 0.2) is 11.5 Å². The van der Waals surface area contributed by atoms with E-state index in [1.54, 1.807) is 12.4 Å². The monoisotopic (exact) mass is 604 g/mol. The molecule has 42 heavy (non-hydrogen) atoms. The molecule has 2 fully saturated rings. The average molecular weight is 605 g/mol. The van der Waals surface area contributed by atoms with Crippen molar-refractivity contribution in [3.8, 4) is 0 Å². The highest BCUT2D eigenvalue weighted by Crippen LogP contribution is 2.40. The van der Waals surface area contributed by atoms with Crippen LogP contribution in [-0.2, 0) is 17.5 Å². The summed E-state index contributed by atoms with van der Waals surface area (Å²) in [6.07, 6.45) is -0.608. The number of hydrogen-bond donors (Lipinski definition) is 0. The summed E-state index contributed by atoms with van der Waals surface area (Å²) >= 11 is 6.15. The van der Waals surface area contributed by atoms with Gasteiger partial charge in [0.25, 0.3) is 5.78 Å². The minimum absolute atomic E-state index is 0.0389. The van der Waals surface area contributed by atoms with E-state index in [9.17, 15) is 13.2 Å². The molecular formula is C29H36ClF3N8O. The highest BCUT2D eigenvalue weighted by atomic mass is 35.5. The fourth-order valence-electron chi connectivity index (χ4n) is 6.70. The molecule has 5 heterocycles. The molecular weight excluding hydrogens is 569 g/mol. The van der Waals surface area contributed by atoms with E-state index in [0.29, 0.717) is 25.4 Å². The van der Waals surface area contributed by atoms with Crippen LogP contribution in [0.2, 0.25) is 5.02 Å². The number of rotatable bonds is 6. The van der Waals surface area contributed by atoms with Crippen LogP contribution in [0.15, 0.2) is 24.5 Å². The summed E-state index contributed by atoms with van der Waals surface area (Å²) in [7, 11) is 0. The Bertz CT molecular complexity index is 1600. The topological polar surface area (TPSA) is 76.6 Å². The van der Waals surface area contributed by atoms with Gasteiger partial charge in [-0.15, -0.1) is 10.2 Å². The standard InChI is InChI=1S/C29H36ClF3N8O/c1-16(2)25(20-8-9-22(23(30)11-20)29(31,32)33)38-12-18(4)39(13-17(38)3)26-24-27(41-15-34-37-28(41)36-26)40(19(5)35-24)14-21-7-6-10-42-21/h8-9,11,15-18,21,25H,6-7,10,12-14H2,1-5H3/t17-,18+,21?,25?/m1/s1. The first-order chi connectivity index (χ1) is 19.9. The number of imidazole rings is 1. The van der Waals surface area contributed by atoms with Gasteiger partial charge in [-0.05, 0) is 57.2 Å². The van der Waals surface area contributed by atoms with E-state index < -0.39 is 11.7 Å². The zero-order valence-electron chi connectivity index (χ0n) is 24.4. The Morgan fingerprint density at radius 3 is 2.57 bits per heavy atom. The maximum atomic E-state index is 13.4. The molecule has 226 valence electrons. The van der Waals surface area contributed by atoms with Crippen molar-refractivity contribution in [2.45, 2.75) is 84.4 Å². The van der Waals surface area contributed by atoms with E-state index >= 15 is 0 Å². The maximum absolute atomic E-state index is 13.4. The SMILES string of the molecule is Cc1nc2c(N3C[C@@H](C)N(C(c4ccc(C(F)(F)F)c(Cl)c4)C(C)C)C[C@@H]3C)nc3nncn3c2n1CC1CCCO1. The van der Waals surface area contributed by atoms with Gasteiger partial charge in [0.05, 0.1) is 23.2 Å². The van der Waals surface area contributed by atoms with E-state index in [1.165, 1.54) is 6.07 Å². The largest absolute Gasteiger partial charge is 0.417 e. The molecule has 0 aliphatic carbocycles. The summed E-state index contributed by atoms with van der Waals surface area (Å²) < 4.78 is 50.2. The highest BCUT2D eigenvalue weighted by molar-refractivity contribution is 6.31.